The Kier molecular flexibility index (Phi) is 5.06. The first kappa shape index (κ1) is 16.3. The van der Waals surface area contributed by atoms with Crippen molar-refractivity contribution in [3.63, 3.8) is 0 Å². The molecule has 2 rings (SSSR count). The maximum Gasteiger partial charge on any atom is 0.227 e. The summed E-state index contributed by atoms with van der Waals surface area (Å²) in [6.45, 7) is 2.56. The molecule has 0 radical (unpaired) electrons. The zero-order valence-corrected chi connectivity index (χ0v) is 13.7. The molecule has 2 atom stereocenters. The van der Waals surface area contributed by atoms with E-state index in [1.165, 1.54) is 0 Å². The summed E-state index contributed by atoms with van der Waals surface area (Å²) in [5.74, 6) is 0.724. The van der Waals surface area contributed by atoms with Gasteiger partial charge in [-0.25, -0.2) is 0 Å². The van der Waals surface area contributed by atoms with Gasteiger partial charge in [-0.15, -0.1) is 0 Å². The van der Waals surface area contributed by atoms with Crippen molar-refractivity contribution in [3.05, 3.63) is 29.8 Å². The van der Waals surface area contributed by atoms with Gasteiger partial charge in [0, 0.05) is 33.1 Å². The van der Waals surface area contributed by atoms with Crippen LogP contribution in [0, 0.1) is 5.92 Å². The van der Waals surface area contributed by atoms with E-state index in [1.807, 2.05) is 38.2 Å². The molecule has 2 amide bonds. The van der Waals surface area contributed by atoms with Crippen molar-refractivity contribution < 1.29 is 14.3 Å². The number of hydrogen-bond donors (Lipinski definition) is 0. The molecule has 1 aromatic carbocycles. The molecule has 1 fully saturated rings. The Labute approximate surface area is 131 Å². The van der Waals surface area contributed by atoms with Crippen molar-refractivity contribution in [1.29, 1.82) is 0 Å². The predicted molar refractivity (Wildman–Crippen MR) is 84.7 cm³/mol. The van der Waals surface area contributed by atoms with E-state index < -0.39 is 0 Å². The van der Waals surface area contributed by atoms with Crippen LogP contribution in [-0.4, -0.2) is 55.4 Å². The highest BCUT2D eigenvalue weighted by Crippen LogP contribution is 2.20. The molecule has 0 aromatic heterocycles. The van der Waals surface area contributed by atoms with E-state index in [2.05, 4.69) is 0 Å². The van der Waals surface area contributed by atoms with Crippen molar-refractivity contribution in [1.82, 2.24) is 9.80 Å². The molecule has 2 unspecified atom stereocenters. The van der Waals surface area contributed by atoms with E-state index in [1.54, 1.807) is 24.0 Å². The number of ether oxygens (including phenoxy) is 1. The highest BCUT2D eigenvalue weighted by atomic mass is 16.5. The van der Waals surface area contributed by atoms with Crippen molar-refractivity contribution in [3.8, 4) is 5.75 Å². The third-order valence-electron chi connectivity index (χ3n) is 4.39. The second kappa shape index (κ2) is 6.81. The van der Waals surface area contributed by atoms with Crippen LogP contribution in [0.2, 0.25) is 0 Å². The van der Waals surface area contributed by atoms with E-state index in [0.29, 0.717) is 13.0 Å². The SMILES string of the molecule is COc1ccc(CC(C)N(C)C(=O)C2CC(=O)N(C)C2)cc1. The zero-order valence-electron chi connectivity index (χ0n) is 13.7. The van der Waals surface area contributed by atoms with Gasteiger partial charge < -0.3 is 14.5 Å². The normalized spacial score (nSPS) is 19.2. The first-order chi connectivity index (χ1) is 10.4. The van der Waals surface area contributed by atoms with Crippen LogP contribution in [0.3, 0.4) is 0 Å². The number of likely N-dealkylation sites (N-methyl/N-ethyl adjacent to an activating group) is 1. The molecule has 0 N–H and O–H groups in total. The summed E-state index contributed by atoms with van der Waals surface area (Å²) in [7, 11) is 5.21. The fraction of sp³-hybridized carbons (Fsp3) is 0.529. The molecule has 0 saturated carbocycles. The van der Waals surface area contributed by atoms with Gasteiger partial charge in [0.25, 0.3) is 0 Å². The van der Waals surface area contributed by atoms with E-state index in [0.717, 1.165) is 17.7 Å². The molecule has 1 aliphatic heterocycles. The van der Waals surface area contributed by atoms with Gasteiger partial charge in [-0.1, -0.05) is 12.1 Å². The van der Waals surface area contributed by atoms with Crippen molar-refractivity contribution in [2.45, 2.75) is 25.8 Å². The van der Waals surface area contributed by atoms with Gasteiger partial charge in [0.05, 0.1) is 13.0 Å². The Morgan fingerprint density at radius 2 is 2.05 bits per heavy atom. The average molecular weight is 304 g/mol. The summed E-state index contributed by atoms with van der Waals surface area (Å²) in [5, 5.41) is 0. The number of methoxy groups -OCH3 is 1. The number of nitrogens with zero attached hydrogens (tertiary/aromatic N) is 2. The lowest BCUT2D eigenvalue weighted by molar-refractivity contribution is -0.136. The minimum Gasteiger partial charge on any atom is -0.497 e. The Morgan fingerprint density at radius 3 is 2.55 bits per heavy atom. The van der Waals surface area contributed by atoms with E-state index in [9.17, 15) is 9.59 Å². The van der Waals surface area contributed by atoms with Crippen LogP contribution >= 0.6 is 0 Å². The average Bonchev–Trinajstić information content (AvgIpc) is 2.86. The summed E-state index contributed by atoms with van der Waals surface area (Å²) in [6, 6.07) is 7.96. The number of likely N-dealkylation sites (tertiary alicyclic amines) is 1. The van der Waals surface area contributed by atoms with Crippen LogP contribution < -0.4 is 4.74 Å². The second-order valence-electron chi connectivity index (χ2n) is 6.03. The van der Waals surface area contributed by atoms with Crippen LogP contribution in [0.1, 0.15) is 18.9 Å². The number of amides is 2. The lowest BCUT2D eigenvalue weighted by Crippen LogP contribution is -2.41. The number of rotatable bonds is 5. The molecule has 0 bridgehead atoms. The first-order valence-corrected chi connectivity index (χ1v) is 7.56. The molecule has 1 aliphatic rings. The standard InChI is InChI=1S/C17H24N2O3/c1-12(9-13-5-7-15(22-4)8-6-13)19(3)17(21)14-10-16(20)18(2)11-14/h5-8,12,14H,9-11H2,1-4H3. The van der Waals surface area contributed by atoms with Crippen molar-refractivity contribution in [2.75, 3.05) is 27.7 Å². The molecular weight excluding hydrogens is 280 g/mol. The molecule has 0 spiro atoms. The zero-order chi connectivity index (χ0) is 16.3. The van der Waals surface area contributed by atoms with Gasteiger partial charge in [0.1, 0.15) is 5.75 Å². The predicted octanol–water partition coefficient (Wildman–Crippen LogP) is 1.56. The van der Waals surface area contributed by atoms with Crippen molar-refractivity contribution >= 4 is 11.8 Å². The summed E-state index contributed by atoms with van der Waals surface area (Å²) in [4.78, 5) is 27.5. The van der Waals surface area contributed by atoms with Gasteiger partial charge in [-0.05, 0) is 31.0 Å². The maximum absolute atomic E-state index is 12.5. The lowest BCUT2D eigenvalue weighted by atomic mass is 10.0. The molecule has 1 heterocycles. The van der Waals surface area contributed by atoms with Crippen LogP contribution in [0.4, 0.5) is 0 Å². The molecule has 1 aromatic rings. The Bertz CT molecular complexity index is 541. The highest BCUT2D eigenvalue weighted by Gasteiger charge is 2.34. The molecule has 1 saturated heterocycles. The topological polar surface area (TPSA) is 49.9 Å². The number of hydrogen-bond acceptors (Lipinski definition) is 3. The Hall–Kier alpha value is -2.04. The van der Waals surface area contributed by atoms with Gasteiger partial charge in [0.15, 0.2) is 0 Å². The van der Waals surface area contributed by atoms with Crippen molar-refractivity contribution in [2.24, 2.45) is 5.92 Å². The van der Waals surface area contributed by atoms with Crippen LogP contribution in [-0.2, 0) is 16.0 Å². The molecule has 5 heteroatoms. The van der Waals surface area contributed by atoms with E-state index >= 15 is 0 Å². The summed E-state index contributed by atoms with van der Waals surface area (Å²) in [5.41, 5.74) is 1.16. The first-order valence-electron chi connectivity index (χ1n) is 7.56. The molecule has 0 aliphatic carbocycles. The van der Waals surface area contributed by atoms with Crippen LogP contribution in [0.25, 0.3) is 0 Å². The van der Waals surface area contributed by atoms with Crippen LogP contribution in [0.15, 0.2) is 24.3 Å². The summed E-state index contributed by atoms with van der Waals surface area (Å²) >= 11 is 0. The fourth-order valence-electron chi connectivity index (χ4n) is 2.77. The van der Waals surface area contributed by atoms with E-state index in [-0.39, 0.29) is 23.8 Å². The monoisotopic (exact) mass is 304 g/mol. The molecular formula is C17H24N2O3. The second-order valence-corrected chi connectivity index (χ2v) is 6.03. The largest absolute Gasteiger partial charge is 0.497 e. The van der Waals surface area contributed by atoms with Gasteiger partial charge in [-0.3, -0.25) is 9.59 Å². The number of carbonyl (C=O) groups excluding carboxylic acids is 2. The third kappa shape index (κ3) is 3.59. The Morgan fingerprint density at radius 1 is 1.41 bits per heavy atom. The highest BCUT2D eigenvalue weighted by molar-refractivity contribution is 5.89. The maximum atomic E-state index is 12.5. The van der Waals surface area contributed by atoms with Crippen LogP contribution in [0.5, 0.6) is 5.75 Å². The smallest absolute Gasteiger partial charge is 0.227 e. The minimum atomic E-state index is -0.208. The quantitative estimate of drug-likeness (QED) is 0.829. The van der Waals surface area contributed by atoms with Gasteiger partial charge in [-0.2, -0.15) is 0 Å². The number of benzene rings is 1. The summed E-state index contributed by atoms with van der Waals surface area (Å²) < 4.78 is 5.15. The Balaban J connectivity index is 1.94. The molecule has 120 valence electrons. The van der Waals surface area contributed by atoms with Gasteiger partial charge in [0.2, 0.25) is 11.8 Å². The van der Waals surface area contributed by atoms with E-state index in [4.69, 9.17) is 4.74 Å². The summed E-state index contributed by atoms with van der Waals surface area (Å²) in [6.07, 6.45) is 1.11. The molecule has 5 nitrogen and oxygen atoms in total. The minimum absolute atomic E-state index is 0.0505. The third-order valence-corrected chi connectivity index (χ3v) is 4.39. The molecule has 22 heavy (non-hydrogen) atoms. The van der Waals surface area contributed by atoms with Gasteiger partial charge >= 0.3 is 0 Å². The lowest BCUT2D eigenvalue weighted by Gasteiger charge is -2.27. The fourth-order valence-corrected chi connectivity index (χ4v) is 2.77. The number of carbonyl (C=O) groups is 2.